The summed E-state index contributed by atoms with van der Waals surface area (Å²) in [7, 11) is 3.71. The average Bonchev–Trinajstić information content (AvgIpc) is 2.82. The molecule has 0 amide bonds. The molecule has 1 aromatic heterocycles. The minimum atomic E-state index is 0.679. The third kappa shape index (κ3) is 2.32. The summed E-state index contributed by atoms with van der Waals surface area (Å²) in [6.45, 7) is 0.679. The molecule has 1 N–H and O–H groups in total. The molecule has 0 saturated heterocycles. The van der Waals surface area contributed by atoms with E-state index in [0.717, 1.165) is 28.3 Å². The molecular formula is C16H17N3O. The van der Waals surface area contributed by atoms with Crippen LogP contribution in [0.2, 0.25) is 0 Å². The molecule has 0 radical (unpaired) electrons. The standard InChI is InChI=1S/C16H17N3O/c1-19-15-9-4-3-8-14(15)18-16(19)11-17-12-6-5-7-13(10-12)20-2/h3-10,17H,11H2,1-2H3. The number of methoxy groups -OCH3 is 1. The molecule has 102 valence electrons. The largest absolute Gasteiger partial charge is 0.497 e. The molecule has 4 heteroatoms. The van der Waals surface area contributed by atoms with Crippen molar-refractivity contribution >= 4 is 16.7 Å². The number of benzene rings is 2. The second-order valence-corrected chi connectivity index (χ2v) is 4.66. The maximum absolute atomic E-state index is 5.22. The van der Waals surface area contributed by atoms with Gasteiger partial charge in [0.2, 0.25) is 0 Å². The third-order valence-electron chi connectivity index (χ3n) is 3.40. The van der Waals surface area contributed by atoms with Crippen LogP contribution in [0.3, 0.4) is 0 Å². The highest BCUT2D eigenvalue weighted by Gasteiger charge is 2.06. The number of nitrogens with zero attached hydrogens (tertiary/aromatic N) is 2. The molecule has 0 aliphatic carbocycles. The van der Waals surface area contributed by atoms with Crippen molar-refractivity contribution in [2.24, 2.45) is 7.05 Å². The summed E-state index contributed by atoms with van der Waals surface area (Å²) < 4.78 is 7.33. The van der Waals surface area contributed by atoms with Gasteiger partial charge in [0.1, 0.15) is 11.6 Å². The van der Waals surface area contributed by atoms with Gasteiger partial charge in [-0.25, -0.2) is 4.98 Å². The highest BCUT2D eigenvalue weighted by atomic mass is 16.5. The zero-order valence-corrected chi connectivity index (χ0v) is 11.6. The van der Waals surface area contributed by atoms with Gasteiger partial charge >= 0.3 is 0 Å². The van der Waals surface area contributed by atoms with Crippen molar-refractivity contribution in [3.8, 4) is 5.75 Å². The number of imidazole rings is 1. The van der Waals surface area contributed by atoms with Crippen molar-refractivity contribution in [3.05, 3.63) is 54.4 Å². The van der Waals surface area contributed by atoms with Gasteiger partial charge in [0.05, 0.1) is 24.7 Å². The summed E-state index contributed by atoms with van der Waals surface area (Å²) in [5, 5.41) is 3.37. The zero-order chi connectivity index (χ0) is 13.9. The smallest absolute Gasteiger partial charge is 0.128 e. The Hall–Kier alpha value is -2.49. The summed E-state index contributed by atoms with van der Waals surface area (Å²) in [6.07, 6.45) is 0. The Labute approximate surface area is 118 Å². The Kier molecular flexibility index (Phi) is 3.29. The first kappa shape index (κ1) is 12.5. The minimum absolute atomic E-state index is 0.679. The SMILES string of the molecule is COc1cccc(NCc2nc3ccccc3n2C)c1. The summed E-state index contributed by atoms with van der Waals surface area (Å²) in [5.41, 5.74) is 3.20. The van der Waals surface area contributed by atoms with E-state index in [0.29, 0.717) is 6.54 Å². The fraction of sp³-hybridized carbons (Fsp3) is 0.188. The van der Waals surface area contributed by atoms with Crippen LogP contribution in [0.1, 0.15) is 5.82 Å². The number of aryl methyl sites for hydroxylation is 1. The van der Waals surface area contributed by atoms with Gasteiger partial charge in [0.15, 0.2) is 0 Å². The molecule has 0 saturated carbocycles. The second kappa shape index (κ2) is 5.25. The normalized spacial score (nSPS) is 10.7. The Morgan fingerprint density at radius 3 is 2.80 bits per heavy atom. The van der Waals surface area contributed by atoms with Gasteiger partial charge in [-0.2, -0.15) is 0 Å². The number of hydrogen-bond acceptors (Lipinski definition) is 3. The maximum atomic E-state index is 5.22. The van der Waals surface area contributed by atoms with Gasteiger partial charge in [0, 0.05) is 18.8 Å². The molecule has 3 rings (SSSR count). The van der Waals surface area contributed by atoms with E-state index >= 15 is 0 Å². The summed E-state index contributed by atoms with van der Waals surface area (Å²) in [4.78, 5) is 4.64. The van der Waals surface area contributed by atoms with Gasteiger partial charge in [-0.3, -0.25) is 0 Å². The summed E-state index contributed by atoms with van der Waals surface area (Å²) in [5.74, 6) is 1.86. The van der Waals surface area contributed by atoms with Gasteiger partial charge in [0.25, 0.3) is 0 Å². The lowest BCUT2D eigenvalue weighted by Crippen LogP contribution is -2.05. The number of hydrogen-bond donors (Lipinski definition) is 1. The molecule has 0 aliphatic rings. The number of nitrogens with one attached hydrogen (secondary N) is 1. The monoisotopic (exact) mass is 267 g/mol. The molecule has 4 nitrogen and oxygen atoms in total. The lowest BCUT2D eigenvalue weighted by molar-refractivity contribution is 0.415. The Balaban J connectivity index is 1.81. The van der Waals surface area contributed by atoms with Crippen molar-refractivity contribution < 1.29 is 4.74 Å². The lowest BCUT2D eigenvalue weighted by Gasteiger charge is -2.08. The molecular weight excluding hydrogens is 250 g/mol. The van der Waals surface area contributed by atoms with Crippen LogP contribution in [0.15, 0.2) is 48.5 Å². The molecule has 0 unspecified atom stereocenters. The van der Waals surface area contributed by atoms with Crippen molar-refractivity contribution in [1.82, 2.24) is 9.55 Å². The number of aromatic nitrogens is 2. The number of rotatable bonds is 4. The van der Waals surface area contributed by atoms with Crippen LogP contribution >= 0.6 is 0 Å². The zero-order valence-electron chi connectivity index (χ0n) is 11.6. The molecule has 3 aromatic rings. The van der Waals surface area contributed by atoms with Crippen molar-refractivity contribution in [3.63, 3.8) is 0 Å². The van der Waals surface area contributed by atoms with Crippen LogP contribution < -0.4 is 10.1 Å². The fourth-order valence-electron chi connectivity index (χ4n) is 2.27. The fourth-order valence-corrected chi connectivity index (χ4v) is 2.27. The maximum Gasteiger partial charge on any atom is 0.128 e. The predicted molar refractivity (Wildman–Crippen MR) is 81.0 cm³/mol. The highest BCUT2D eigenvalue weighted by molar-refractivity contribution is 5.75. The van der Waals surface area contributed by atoms with E-state index in [1.165, 1.54) is 0 Å². The topological polar surface area (TPSA) is 39.1 Å². The lowest BCUT2D eigenvalue weighted by atomic mass is 10.3. The van der Waals surface area contributed by atoms with E-state index < -0.39 is 0 Å². The molecule has 1 heterocycles. The molecule has 0 bridgehead atoms. The highest BCUT2D eigenvalue weighted by Crippen LogP contribution is 2.19. The van der Waals surface area contributed by atoms with E-state index in [2.05, 4.69) is 20.9 Å². The molecule has 0 atom stereocenters. The summed E-state index contributed by atoms with van der Waals surface area (Å²) >= 11 is 0. The molecule has 0 aliphatic heterocycles. The first-order valence-electron chi connectivity index (χ1n) is 6.56. The van der Waals surface area contributed by atoms with E-state index in [1.54, 1.807) is 7.11 Å². The molecule has 20 heavy (non-hydrogen) atoms. The summed E-state index contributed by atoms with van der Waals surface area (Å²) in [6, 6.07) is 16.0. The Morgan fingerprint density at radius 2 is 2.00 bits per heavy atom. The van der Waals surface area contributed by atoms with Crippen LogP contribution in [0.5, 0.6) is 5.75 Å². The number of fused-ring (bicyclic) bond motifs is 1. The van der Waals surface area contributed by atoms with Gasteiger partial charge in [-0.1, -0.05) is 18.2 Å². The minimum Gasteiger partial charge on any atom is -0.497 e. The molecule has 0 spiro atoms. The number of anilines is 1. The van der Waals surface area contributed by atoms with Gasteiger partial charge < -0.3 is 14.6 Å². The van der Waals surface area contributed by atoms with E-state index in [1.807, 2.05) is 49.5 Å². The predicted octanol–water partition coefficient (Wildman–Crippen LogP) is 3.19. The van der Waals surface area contributed by atoms with Crippen molar-refractivity contribution in [2.45, 2.75) is 6.54 Å². The number of para-hydroxylation sites is 2. The first-order valence-corrected chi connectivity index (χ1v) is 6.56. The third-order valence-corrected chi connectivity index (χ3v) is 3.40. The van der Waals surface area contributed by atoms with Crippen LogP contribution in [-0.2, 0) is 13.6 Å². The van der Waals surface area contributed by atoms with E-state index in [-0.39, 0.29) is 0 Å². The van der Waals surface area contributed by atoms with Crippen LogP contribution in [-0.4, -0.2) is 16.7 Å². The second-order valence-electron chi connectivity index (χ2n) is 4.66. The van der Waals surface area contributed by atoms with E-state index in [4.69, 9.17) is 4.74 Å². The quantitative estimate of drug-likeness (QED) is 0.789. The van der Waals surface area contributed by atoms with Crippen molar-refractivity contribution in [1.29, 1.82) is 0 Å². The Morgan fingerprint density at radius 1 is 1.15 bits per heavy atom. The Bertz CT molecular complexity index is 733. The van der Waals surface area contributed by atoms with Crippen molar-refractivity contribution in [2.75, 3.05) is 12.4 Å². The van der Waals surface area contributed by atoms with Crippen LogP contribution in [0.25, 0.3) is 11.0 Å². The van der Waals surface area contributed by atoms with Crippen LogP contribution in [0, 0.1) is 0 Å². The molecule has 2 aromatic carbocycles. The number of ether oxygens (including phenoxy) is 1. The van der Waals surface area contributed by atoms with E-state index in [9.17, 15) is 0 Å². The average molecular weight is 267 g/mol. The van der Waals surface area contributed by atoms with Gasteiger partial charge in [-0.05, 0) is 24.3 Å². The van der Waals surface area contributed by atoms with Gasteiger partial charge in [-0.15, -0.1) is 0 Å². The first-order chi connectivity index (χ1) is 9.78. The molecule has 0 fully saturated rings. The van der Waals surface area contributed by atoms with Crippen LogP contribution in [0.4, 0.5) is 5.69 Å².